The van der Waals surface area contributed by atoms with Crippen molar-refractivity contribution in [1.82, 2.24) is 15.3 Å². The third-order valence-electron chi connectivity index (χ3n) is 6.57. The molecule has 0 saturated carbocycles. The number of hydrogen-bond acceptors (Lipinski definition) is 6. The van der Waals surface area contributed by atoms with E-state index in [0.29, 0.717) is 17.6 Å². The van der Waals surface area contributed by atoms with Crippen molar-refractivity contribution in [3.8, 4) is 0 Å². The molecule has 2 fully saturated rings. The molecule has 170 valence electrons. The molecule has 3 aliphatic heterocycles. The van der Waals surface area contributed by atoms with E-state index in [-0.39, 0.29) is 6.10 Å². The lowest BCUT2D eigenvalue weighted by Gasteiger charge is -2.32. The number of piperidine rings is 1. The first-order chi connectivity index (χ1) is 15.7. The quantitative estimate of drug-likeness (QED) is 0.669. The largest absolute Gasteiger partial charge is 0.376 e. The van der Waals surface area contributed by atoms with Gasteiger partial charge in [-0.3, -0.25) is 0 Å². The van der Waals surface area contributed by atoms with Crippen molar-refractivity contribution in [1.29, 1.82) is 0 Å². The van der Waals surface area contributed by atoms with Gasteiger partial charge in [0.1, 0.15) is 11.6 Å². The number of ether oxygens (including phenoxy) is 1. The minimum atomic E-state index is 0.235. The molecule has 5 rings (SSSR count). The van der Waals surface area contributed by atoms with Gasteiger partial charge in [0.15, 0.2) is 5.11 Å². The summed E-state index contributed by atoms with van der Waals surface area (Å²) < 4.78 is 5.68. The van der Waals surface area contributed by atoms with Crippen molar-refractivity contribution in [2.75, 3.05) is 47.9 Å². The number of benzene rings is 1. The molecule has 2 N–H and O–H groups in total. The molecule has 0 aliphatic carbocycles. The minimum absolute atomic E-state index is 0.235. The number of nitrogens with one attached hydrogen (secondary N) is 2. The number of aromatic nitrogens is 2. The number of hydrogen-bond donors (Lipinski definition) is 2. The van der Waals surface area contributed by atoms with Gasteiger partial charge in [-0.2, -0.15) is 9.97 Å². The highest BCUT2D eigenvalue weighted by Crippen LogP contribution is 2.28. The lowest BCUT2D eigenvalue weighted by Crippen LogP contribution is -2.36. The molecule has 0 amide bonds. The van der Waals surface area contributed by atoms with E-state index in [9.17, 15) is 0 Å². The van der Waals surface area contributed by atoms with Crippen LogP contribution in [0.4, 0.5) is 17.6 Å². The molecular formula is C24H32N6OS. The van der Waals surface area contributed by atoms with Crippen LogP contribution in [-0.4, -0.2) is 54.0 Å². The average molecular weight is 453 g/mol. The summed E-state index contributed by atoms with van der Waals surface area (Å²) in [7, 11) is 0. The van der Waals surface area contributed by atoms with E-state index in [1.54, 1.807) is 0 Å². The normalized spacial score (nSPS) is 20.7. The molecule has 3 aliphatic rings. The highest BCUT2D eigenvalue weighted by molar-refractivity contribution is 7.80. The molecule has 7 nitrogen and oxygen atoms in total. The van der Waals surface area contributed by atoms with Crippen LogP contribution in [0.3, 0.4) is 0 Å². The monoisotopic (exact) mass is 452 g/mol. The Kier molecular flexibility index (Phi) is 6.69. The Morgan fingerprint density at radius 1 is 1.00 bits per heavy atom. The summed E-state index contributed by atoms with van der Waals surface area (Å²) in [5.41, 5.74) is 2.81. The Morgan fingerprint density at radius 3 is 2.56 bits per heavy atom. The number of anilines is 3. The summed E-state index contributed by atoms with van der Waals surface area (Å²) in [5, 5.41) is 7.05. The third kappa shape index (κ3) is 5.13. The van der Waals surface area contributed by atoms with Gasteiger partial charge in [-0.15, -0.1) is 0 Å². The summed E-state index contributed by atoms with van der Waals surface area (Å²) in [5.74, 6) is 2.50. The molecule has 0 radical (unpaired) electrons. The lowest BCUT2D eigenvalue weighted by atomic mass is 10.00. The van der Waals surface area contributed by atoms with E-state index < -0.39 is 0 Å². The molecule has 0 spiro atoms. The highest BCUT2D eigenvalue weighted by Gasteiger charge is 2.21. The van der Waals surface area contributed by atoms with Gasteiger partial charge in [-0.1, -0.05) is 24.3 Å². The van der Waals surface area contributed by atoms with E-state index in [4.69, 9.17) is 26.9 Å². The Morgan fingerprint density at radius 2 is 1.78 bits per heavy atom. The predicted octanol–water partition coefficient (Wildman–Crippen LogP) is 3.50. The van der Waals surface area contributed by atoms with Gasteiger partial charge in [0, 0.05) is 45.4 Å². The maximum Gasteiger partial charge on any atom is 0.232 e. The first kappa shape index (κ1) is 21.4. The maximum atomic E-state index is 5.68. The SMILES string of the molecule is S=C(NCC1CCCO1)Nc1nc(N2CCCCC2)cc(N2CCc3ccccc3C2)n1. The van der Waals surface area contributed by atoms with E-state index in [1.807, 2.05) is 0 Å². The van der Waals surface area contributed by atoms with Crippen LogP contribution in [0.15, 0.2) is 30.3 Å². The van der Waals surface area contributed by atoms with Gasteiger partial charge in [0.25, 0.3) is 0 Å². The summed E-state index contributed by atoms with van der Waals surface area (Å²) in [6.45, 7) is 5.46. The Balaban J connectivity index is 1.34. The average Bonchev–Trinajstić information content (AvgIpc) is 3.37. The Hall–Kier alpha value is -2.45. The van der Waals surface area contributed by atoms with Crippen molar-refractivity contribution in [3.63, 3.8) is 0 Å². The zero-order chi connectivity index (χ0) is 21.8. The van der Waals surface area contributed by atoms with Gasteiger partial charge in [-0.25, -0.2) is 0 Å². The predicted molar refractivity (Wildman–Crippen MR) is 132 cm³/mol. The maximum absolute atomic E-state index is 5.68. The van der Waals surface area contributed by atoms with Crippen LogP contribution in [0, 0.1) is 0 Å². The van der Waals surface area contributed by atoms with Crippen LogP contribution in [0.1, 0.15) is 43.2 Å². The zero-order valence-electron chi connectivity index (χ0n) is 18.6. The lowest BCUT2D eigenvalue weighted by molar-refractivity contribution is 0.114. The summed E-state index contributed by atoms with van der Waals surface area (Å²) >= 11 is 5.54. The van der Waals surface area contributed by atoms with Crippen LogP contribution >= 0.6 is 12.2 Å². The fraction of sp³-hybridized carbons (Fsp3) is 0.542. The second-order valence-electron chi connectivity index (χ2n) is 8.87. The topological polar surface area (TPSA) is 65.6 Å². The molecule has 32 heavy (non-hydrogen) atoms. The van der Waals surface area contributed by atoms with Crippen LogP contribution in [-0.2, 0) is 17.7 Å². The van der Waals surface area contributed by atoms with E-state index in [1.165, 1.54) is 30.4 Å². The molecule has 1 aromatic carbocycles. The van der Waals surface area contributed by atoms with E-state index in [2.05, 4.69) is 50.8 Å². The van der Waals surface area contributed by atoms with Crippen LogP contribution in [0.5, 0.6) is 0 Å². The van der Waals surface area contributed by atoms with Crippen LogP contribution in [0.2, 0.25) is 0 Å². The van der Waals surface area contributed by atoms with Crippen LogP contribution < -0.4 is 20.4 Å². The molecule has 8 heteroatoms. The van der Waals surface area contributed by atoms with Gasteiger partial charge in [0.05, 0.1) is 6.10 Å². The molecular weight excluding hydrogens is 420 g/mol. The van der Waals surface area contributed by atoms with Gasteiger partial charge in [0.2, 0.25) is 5.95 Å². The molecule has 4 heterocycles. The number of rotatable bonds is 5. The molecule has 1 atom stereocenters. The molecule has 0 bridgehead atoms. The van der Waals surface area contributed by atoms with Gasteiger partial charge >= 0.3 is 0 Å². The zero-order valence-corrected chi connectivity index (χ0v) is 19.4. The first-order valence-corrected chi connectivity index (χ1v) is 12.3. The third-order valence-corrected chi connectivity index (χ3v) is 6.82. The van der Waals surface area contributed by atoms with Crippen LogP contribution in [0.25, 0.3) is 0 Å². The standard InChI is InChI=1S/C24H32N6OS/c32-24(25-16-20-9-6-14-31-20)28-23-26-21(29-11-4-1-5-12-29)15-22(27-23)30-13-10-18-7-2-3-8-19(18)17-30/h2-3,7-8,15,20H,1,4-6,9-14,16-17H2,(H2,25,26,27,28,32). The van der Waals surface area contributed by atoms with Crippen molar-refractivity contribution in [3.05, 3.63) is 41.5 Å². The molecule has 1 unspecified atom stereocenters. The van der Waals surface area contributed by atoms with Crippen molar-refractivity contribution in [2.45, 2.75) is 51.2 Å². The molecule has 1 aromatic heterocycles. The summed E-state index contributed by atoms with van der Waals surface area (Å²) in [4.78, 5) is 14.4. The van der Waals surface area contributed by atoms with E-state index >= 15 is 0 Å². The minimum Gasteiger partial charge on any atom is -0.376 e. The smallest absolute Gasteiger partial charge is 0.232 e. The fourth-order valence-corrected chi connectivity index (χ4v) is 4.95. The number of fused-ring (bicyclic) bond motifs is 1. The Bertz CT molecular complexity index is 942. The van der Waals surface area contributed by atoms with E-state index in [0.717, 1.165) is 63.7 Å². The second kappa shape index (κ2) is 10.0. The highest BCUT2D eigenvalue weighted by atomic mass is 32.1. The number of nitrogens with zero attached hydrogens (tertiary/aromatic N) is 4. The molecule has 2 saturated heterocycles. The van der Waals surface area contributed by atoms with Gasteiger partial charge in [-0.05, 0) is 61.9 Å². The first-order valence-electron chi connectivity index (χ1n) is 11.9. The molecule has 2 aromatic rings. The van der Waals surface area contributed by atoms with Crippen molar-refractivity contribution in [2.24, 2.45) is 0 Å². The van der Waals surface area contributed by atoms with Crippen molar-refractivity contribution < 1.29 is 4.74 Å². The Labute approximate surface area is 195 Å². The van der Waals surface area contributed by atoms with Crippen molar-refractivity contribution >= 4 is 34.9 Å². The second-order valence-corrected chi connectivity index (χ2v) is 9.27. The van der Waals surface area contributed by atoms with Gasteiger partial charge < -0.3 is 25.2 Å². The summed E-state index contributed by atoms with van der Waals surface area (Å²) in [6.07, 6.45) is 7.18. The summed E-state index contributed by atoms with van der Waals surface area (Å²) in [6, 6.07) is 10.8. The number of thiocarbonyl (C=S) groups is 1. The fourth-order valence-electron chi connectivity index (χ4n) is 4.77.